The Morgan fingerprint density at radius 2 is 1.62 bits per heavy atom. The number of halogens is 1. The molecule has 1 amide bonds. The number of carbonyl (C=O) groups is 1. The smallest absolute Gasteiger partial charge is 0.241 e. The zero-order valence-corrected chi connectivity index (χ0v) is 15.7. The van der Waals surface area contributed by atoms with Crippen molar-refractivity contribution in [2.45, 2.75) is 46.7 Å². The van der Waals surface area contributed by atoms with Gasteiger partial charge in [0.1, 0.15) is 0 Å². The molecule has 2 atom stereocenters. The molecule has 0 radical (unpaired) electrons. The third-order valence-corrected chi connectivity index (χ3v) is 4.53. The maximum absolute atomic E-state index is 12.5. The SMILES string of the molecule is Cc1cc(C)c(NC(=O)[C@@H](C)N[C@H](C)c2ccccc2Cl)c(C)c1. The van der Waals surface area contributed by atoms with Crippen LogP contribution in [-0.2, 0) is 4.79 Å². The molecule has 24 heavy (non-hydrogen) atoms. The van der Waals surface area contributed by atoms with Crippen molar-refractivity contribution in [2.75, 3.05) is 5.32 Å². The molecule has 128 valence electrons. The van der Waals surface area contributed by atoms with Gasteiger partial charge in [-0.05, 0) is 57.4 Å². The molecule has 0 aromatic heterocycles. The molecule has 4 heteroatoms. The third-order valence-electron chi connectivity index (χ3n) is 4.19. The number of amides is 1. The van der Waals surface area contributed by atoms with Gasteiger partial charge in [0.15, 0.2) is 0 Å². The number of benzene rings is 2. The predicted octanol–water partition coefficient (Wildman–Crippen LogP) is 4.94. The first-order chi connectivity index (χ1) is 11.3. The lowest BCUT2D eigenvalue weighted by Crippen LogP contribution is -2.39. The highest BCUT2D eigenvalue weighted by Crippen LogP contribution is 2.24. The minimum Gasteiger partial charge on any atom is -0.324 e. The quantitative estimate of drug-likeness (QED) is 0.806. The van der Waals surface area contributed by atoms with E-state index < -0.39 is 0 Å². The van der Waals surface area contributed by atoms with Crippen molar-refractivity contribution >= 4 is 23.2 Å². The molecule has 2 aromatic rings. The van der Waals surface area contributed by atoms with Gasteiger partial charge in [0.05, 0.1) is 6.04 Å². The van der Waals surface area contributed by atoms with Crippen LogP contribution in [0.5, 0.6) is 0 Å². The average Bonchev–Trinajstić information content (AvgIpc) is 2.50. The summed E-state index contributed by atoms with van der Waals surface area (Å²) in [6.45, 7) is 9.95. The van der Waals surface area contributed by atoms with Crippen LogP contribution in [0.4, 0.5) is 5.69 Å². The number of rotatable bonds is 5. The van der Waals surface area contributed by atoms with E-state index >= 15 is 0 Å². The van der Waals surface area contributed by atoms with Crippen molar-refractivity contribution in [1.82, 2.24) is 5.32 Å². The van der Waals surface area contributed by atoms with E-state index in [1.807, 2.05) is 52.0 Å². The summed E-state index contributed by atoms with van der Waals surface area (Å²) in [6, 6.07) is 11.5. The van der Waals surface area contributed by atoms with Gasteiger partial charge in [-0.15, -0.1) is 0 Å². The molecular formula is C20H25ClN2O. The second kappa shape index (κ2) is 7.82. The molecule has 3 nitrogen and oxygen atoms in total. The van der Waals surface area contributed by atoms with E-state index in [-0.39, 0.29) is 18.0 Å². The van der Waals surface area contributed by atoms with E-state index in [0.29, 0.717) is 5.02 Å². The largest absolute Gasteiger partial charge is 0.324 e. The molecule has 0 unspecified atom stereocenters. The number of aryl methyl sites for hydroxylation is 3. The molecule has 0 spiro atoms. The Morgan fingerprint density at radius 3 is 2.21 bits per heavy atom. The molecule has 0 aliphatic heterocycles. The second-order valence-corrected chi connectivity index (χ2v) is 6.80. The first-order valence-electron chi connectivity index (χ1n) is 8.18. The van der Waals surface area contributed by atoms with E-state index in [1.54, 1.807) is 0 Å². The summed E-state index contributed by atoms with van der Waals surface area (Å²) in [5.41, 5.74) is 5.23. The van der Waals surface area contributed by atoms with Gasteiger partial charge in [0.2, 0.25) is 5.91 Å². The van der Waals surface area contributed by atoms with Crippen LogP contribution >= 0.6 is 11.6 Å². The van der Waals surface area contributed by atoms with E-state index in [9.17, 15) is 4.79 Å². The molecule has 2 aromatic carbocycles. The maximum Gasteiger partial charge on any atom is 0.241 e. The van der Waals surface area contributed by atoms with E-state index in [1.165, 1.54) is 5.56 Å². The van der Waals surface area contributed by atoms with Crippen molar-refractivity contribution in [2.24, 2.45) is 0 Å². The van der Waals surface area contributed by atoms with Crippen molar-refractivity contribution < 1.29 is 4.79 Å². The number of nitrogens with one attached hydrogen (secondary N) is 2. The molecular weight excluding hydrogens is 320 g/mol. The van der Waals surface area contributed by atoms with Crippen LogP contribution in [0.1, 0.15) is 42.1 Å². The lowest BCUT2D eigenvalue weighted by atomic mass is 10.0. The summed E-state index contributed by atoms with van der Waals surface area (Å²) >= 11 is 6.23. The van der Waals surface area contributed by atoms with Crippen LogP contribution in [0.25, 0.3) is 0 Å². The van der Waals surface area contributed by atoms with Crippen LogP contribution in [0.3, 0.4) is 0 Å². The minimum atomic E-state index is -0.337. The van der Waals surface area contributed by atoms with Gasteiger partial charge in [-0.3, -0.25) is 10.1 Å². The molecule has 2 rings (SSSR count). The Kier molecular flexibility index (Phi) is 6.03. The van der Waals surface area contributed by atoms with Crippen molar-refractivity contribution in [3.8, 4) is 0 Å². The first-order valence-corrected chi connectivity index (χ1v) is 8.56. The van der Waals surface area contributed by atoms with E-state index in [0.717, 1.165) is 22.4 Å². The number of hydrogen-bond acceptors (Lipinski definition) is 2. The molecule has 0 bridgehead atoms. The monoisotopic (exact) mass is 344 g/mol. The molecule has 0 fully saturated rings. The standard InChI is InChI=1S/C20H25ClN2O/c1-12-10-13(2)19(14(3)11-12)23-20(24)16(5)22-15(4)17-8-6-7-9-18(17)21/h6-11,15-16,22H,1-5H3,(H,23,24)/t15-,16-/m1/s1. The Balaban J connectivity index is 2.07. The lowest BCUT2D eigenvalue weighted by Gasteiger charge is -2.22. The van der Waals surface area contributed by atoms with Crippen LogP contribution in [0.2, 0.25) is 5.02 Å². The molecule has 0 aliphatic rings. The predicted molar refractivity (Wildman–Crippen MR) is 102 cm³/mol. The molecule has 0 aliphatic carbocycles. The number of anilines is 1. The van der Waals surface area contributed by atoms with Crippen LogP contribution in [0.15, 0.2) is 36.4 Å². The summed E-state index contributed by atoms with van der Waals surface area (Å²) in [4.78, 5) is 12.5. The zero-order valence-electron chi connectivity index (χ0n) is 14.9. The van der Waals surface area contributed by atoms with Crippen LogP contribution in [-0.4, -0.2) is 11.9 Å². The summed E-state index contributed by atoms with van der Waals surface area (Å²) in [5.74, 6) is -0.0519. The summed E-state index contributed by atoms with van der Waals surface area (Å²) in [6.07, 6.45) is 0. The molecule has 0 heterocycles. The fourth-order valence-corrected chi connectivity index (χ4v) is 3.27. The summed E-state index contributed by atoms with van der Waals surface area (Å²) < 4.78 is 0. The highest BCUT2D eigenvalue weighted by molar-refractivity contribution is 6.31. The molecule has 0 saturated carbocycles. The fraction of sp³-hybridized carbons (Fsp3) is 0.350. The molecule has 2 N–H and O–H groups in total. The number of carbonyl (C=O) groups excluding carboxylic acids is 1. The Morgan fingerprint density at radius 1 is 1.04 bits per heavy atom. The maximum atomic E-state index is 12.5. The van der Waals surface area contributed by atoms with Gasteiger partial charge >= 0.3 is 0 Å². The Hall–Kier alpha value is -1.84. The van der Waals surface area contributed by atoms with Gasteiger partial charge in [0.25, 0.3) is 0 Å². The van der Waals surface area contributed by atoms with Crippen molar-refractivity contribution in [3.63, 3.8) is 0 Å². The van der Waals surface area contributed by atoms with Gasteiger partial charge in [-0.25, -0.2) is 0 Å². The highest BCUT2D eigenvalue weighted by Gasteiger charge is 2.19. The lowest BCUT2D eigenvalue weighted by molar-refractivity contribution is -0.117. The van der Waals surface area contributed by atoms with Crippen LogP contribution in [0, 0.1) is 20.8 Å². The van der Waals surface area contributed by atoms with Crippen molar-refractivity contribution in [3.05, 3.63) is 63.7 Å². The van der Waals surface area contributed by atoms with Gasteiger partial charge < -0.3 is 5.32 Å². The third kappa shape index (κ3) is 4.37. The Bertz CT molecular complexity index is 719. The van der Waals surface area contributed by atoms with Crippen molar-refractivity contribution in [1.29, 1.82) is 0 Å². The fourth-order valence-electron chi connectivity index (χ4n) is 2.98. The van der Waals surface area contributed by atoms with Gasteiger partial charge in [-0.1, -0.05) is 47.5 Å². The van der Waals surface area contributed by atoms with Crippen LogP contribution < -0.4 is 10.6 Å². The van der Waals surface area contributed by atoms with E-state index in [4.69, 9.17) is 11.6 Å². The minimum absolute atomic E-state index is 0.0142. The van der Waals surface area contributed by atoms with E-state index in [2.05, 4.69) is 29.7 Å². The summed E-state index contributed by atoms with van der Waals surface area (Å²) in [7, 11) is 0. The first kappa shape index (κ1) is 18.5. The average molecular weight is 345 g/mol. The normalized spacial score (nSPS) is 13.4. The highest BCUT2D eigenvalue weighted by atomic mass is 35.5. The number of hydrogen-bond donors (Lipinski definition) is 2. The zero-order chi connectivity index (χ0) is 17.9. The summed E-state index contributed by atoms with van der Waals surface area (Å²) in [5, 5.41) is 7.06. The topological polar surface area (TPSA) is 41.1 Å². The van der Waals surface area contributed by atoms with Gasteiger partial charge in [0, 0.05) is 16.8 Å². The Labute approximate surface area is 149 Å². The molecule has 0 saturated heterocycles. The second-order valence-electron chi connectivity index (χ2n) is 6.39. The van der Waals surface area contributed by atoms with Gasteiger partial charge in [-0.2, -0.15) is 0 Å².